The second-order valence-electron chi connectivity index (χ2n) is 17.8. The van der Waals surface area contributed by atoms with Gasteiger partial charge in [0.1, 0.15) is 24.4 Å². The molecule has 0 amide bonds. The summed E-state index contributed by atoms with van der Waals surface area (Å²) in [4.78, 5) is 39.6. The maximum absolute atomic E-state index is 14.0. The Hall–Kier alpha value is -2.09. The van der Waals surface area contributed by atoms with Crippen molar-refractivity contribution in [3.05, 3.63) is 11.6 Å². The van der Waals surface area contributed by atoms with Gasteiger partial charge in [-0.15, -0.1) is 0 Å². The molecule has 12 nitrogen and oxygen atoms in total. The van der Waals surface area contributed by atoms with Crippen LogP contribution in [0.15, 0.2) is 11.6 Å². The van der Waals surface area contributed by atoms with Crippen molar-refractivity contribution in [2.24, 2.45) is 44.8 Å². The molecule has 0 aromatic heterocycles. The molecule has 0 aromatic carbocycles. The number of aliphatic hydroxyl groups is 4. The van der Waals surface area contributed by atoms with Crippen LogP contribution in [0.4, 0.5) is 0 Å². The van der Waals surface area contributed by atoms with Crippen LogP contribution in [-0.4, -0.2) is 98.6 Å². The highest BCUT2D eigenvalue weighted by molar-refractivity contribution is 5.84. The van der Waals surface area contributed by atoms with E-state index in [1.807, 2.05) is 13.8 Å². The lowest BCUT2D eigenvalue weighted by atomic mass is 9.42. The first-order valence-electron chi connectivity index (χ1n) is 17.9. The van der Waals surface area contributed by atoms with Gasteiger partial charge in [-0.25, -0.2) is 0 Å². The van der Waals surface area contributed by atoms with Crippen molar-refractivity contribution in [3.8, 4) is 0 Å². The number of ether oxygens (including phenoxy) is 4. The van der Waals surface area contributed by atoms with Crippen LogP contribution in [-0.2, 0) is 33.3 Å². The number of cyclic esters (lactones) is 1. The fourth-order valence-corrected chi connectivity index (χ4v) is 11.7. The van der Waals surface area contributed by atoms with Crippen LogP contribution in [0.5, 0.6) is 0 Å². The van der Waals surface area contributed by atoms with Gasteiger partial charge in [0.2, 0.25) is 0 Å². The molecule has 0 radical (unpaired) electrons. The highest BCUT2D eigenvalue weighted by atomic mass is 16.7. The largest absolute Gasteiger partial charge is 0.481 e. The fraction of sp³-hybridized carbons (Fsp3) is 0.865. The summed E-state index contributed by atoms with van der Waals surface area (Å²) >= 11 is 0. The predicted octanol–water partition coefficient (Wildman–Crippen LogP) is 3.11. The molecule has 2 spiro atoms. The second kappa shape index (κ2) is 11.7. The summed E-state index contributed by atoms with van der Waals surface area (Å²) in [6.45, 7) is 14.1. The number of hydrogen-bond donors (Lipinski definition) is 5. The summed E-state index contributed by atoms with van der Waals surface area (Å²) in [5, 5.41) is 52.7. The Morgan fingerprint density at radius 2 is 1.73 bits per heavy atom. The van der Waals surface area contributed by atoms with E-state index in [4.69, 9.17) is 18.9 Å². The number of carbonyl (C=O) groups excluding carboxylic acids is 2. The number of carboxylic acid groups (broad SMARTS) is 1. The molecule has 2 aliphatic heterocycles. The Balaban J connectivity index is 1.28. The van der Waals surface area contributed by atoms with Crippen LogP contribution in [0.1, 0.15) is 100 Å². The second-order valence-corrected chi connectivity index (χ2v) is 17.8. The topological polar surface area (TPSA) is 189 Å². The van der Waals surface area contributed by atoms with Gasteiger partial charge in [0.05, 0.1) is 29.6 Å². The molecule has 0 bridgehead atoms. The molecule has 4 aliphatic carbocycles. The molecule has 5 fully saturated rings. The molecule has 6 aliphatic rings. The molecule has 3 saturated carbocycles. The van der Waals surface area contributed by atoms with Gasteiger partial charge in [0.15, 0.2) is 12.4 Å². The van der Waals surface area contributed by atoms with Crippen LogP contribution in [0.25, 0.3) is 0 Å². The Bertz CT molecular complexity index is 1400. The third kappa shape index (κ3) is 5.17. The van der Waals surface area contributed by atoms with E-state index in [0.29, 0.717) is 25.7 Å². The van der Waals surface area contributed by atoms with Gasteiger partial charge in [-0.2, -0.15) is 0 Å². The Labute approximate surface area is 288 Å². The first-order chi connectivity index (χ1) is 22.6. The van der Waals surface area contributed by atoms with Crippen molar-refractivity contribution >= 4 is 17.9 Å². The van der Waals surface area contributed by atoms with E-state index < -0.39 is 77.1 Å². The van der Waals surface area contributed by atoms with Crippen molar-refractivity contribution in [1.29, 1.82) is 0 Å². The predicted molar refractivity (Wildman–Crippen MR) is 173 cm³/mol. The van der Waals surface area contributed by atoms with Crippen molar-refractivity contribution < 1.29 is 58.9 Å². The zero-order valence-corrected chi connectivity index (χ0v) is 30.1. The maximum atomic E-state index is 14.0. The lowest BCUT2D eigenvalue weighted by Gasteiger charge is -2.61. The standard InChI is InChI=1S/C37H56O12/c1-18-15-21(28(33(5,6)45)47-19(2)38)48-29(42)25(18)34(7)13-14-37-17-36(37)12-11-24(49-30-27(41)26(40)20(39)16-46-30)32(3,4)22(36)9-10-23(37)35(34,8)31(43)44/h10,18,20-22,24-28,30,39-41,45H,9,11-17H2,1-8H3,(H,43,44)/t18-,20-,21-,22?,24+,25+,26+,27-,28-,30+,34-,35-,36-,37+/m1/s1. The first-order valence-corrected chi connectivity index (χ1v) is 17.9. The number of rotatable bonds is 7. The molecule has 6 rings (SSSR count). The van der Waals surface area contributed by atoms with Gasteiger partial charge < -0.3 is 44.5 Å². The van der Waals surface area contributed by atoms with Crippen LogP contribution in [0.3, 0.4) is 0 Å². The van der Waals surface area contributed by atoms with Crippen molar-refractivity contribution in [2.45, 2.75) is 149 Å². The lowest BCUT2D eigenvalue weighted by molar-refractivity contribution is -0.300. The van der Waals surface area contributed by atoms with Gasteiger partial charge in [-0.3, -0.25) is 14.4 Å². The lowest BCUT2D eigenvalue weighted by Crippen LogP contribution is -2.62. The van der Waals surface area contributed by atoms with E-state index >= 15 is 0 Å². The van der Waals surface area contributed by atoms with Crippen molar-refractivity contribution in [3.63, 3.8) is 0 Å². The van der Waals surface area contributed by atoms with E-state index in [1.165, 1.54) is 20.8 Å². The van der Waals surface area contributed by atoms with E-state index in [2.05, 4.69) is 19.9 Å². The fourth-order valence-electron chi connectivity index (χ4n) is 11.7. The van der Waals surface area contributed by atoms with Crippen LogP contribution in [0.2, 0.25) is 0 Å². The molecule has 1 unspecified atom stereocenters. The van der Waals surface area contributed by atoms with Crippen LogP contribution < -0.4 is 0 Å². The summed E-state index contributed by atoms with van der Waals surface area (Å²) < 4.78 is 23.4. The smallest absolute Gasteiger partial charge is 0.314 e. The quantitative estimate of drug-likeness (QED) is 0.194. The first kappa shape index (κ1) is 36.7. The van der Waals surface area contributed by atoms with Crippen LogP contribution in [0, 0.1) is 44.8 Å². The summed E-state index contributed by atoms with van der Waals surface area (Å²) in [6.07, 6.45) is -0.534. The summed E-state index contributed by atoms with van der Waals surface area (Å²) in [5.41, 5.74) is -3.71. The van der Waals surface area contributed by atoms with Gasteiger partial charge >= 0.3 is 17.9 Å². The van der Waals surface area contributed by atoms with Crippen molar-refractivity contribution in [2.75, 3.05) is 6.61 Å². The van der Waals surface area contributed by atoms with Crippen LogP contribution >= 0.6 is 0 Å². The average Bonchev–Trinajstić information content (AvgIpc) is 3.66. The minimum Gasteiger partial charge on any atom is -0.481 e. The number of allylic oxidation sites excluding steroid dienone is 1. The van der Waals surface area contributed by atoms with Gasteiger partial charge in [0.25, 0.3) is 0 Å². The molecule has 276 valence electrons. The number of carbonyl (C=O) groups is 3. The number of hydrogen-bond acceptors (Lipinski definition) is 11. The number of aliphatic hydroxyl groups excluding tert-OH is 3. The third-order valence-corrected chi connectivity index (χ3v) is 14.4. The Kier molecular flexibility index (Phi) is 8.77. The summed E-state index contributed by atoms with van der Waals surface area (Å²) in [5.74, 6) is -2.95. The summed E-state index contributed by atoms with van der Waals surface area (Å²) in [6, 6.07) is 0. The highest BCUT2D eigenvalue weighted by Crippen LogP contribution is 2.86. The van der Waals surface area contributed by atoms with Gasteiger partial charge in [-0.1, -0.05) is 33.8 Å². The van der Waals surface area contributed by atoms with Gasteiger partial charge in [0, 0.05) is 12.3 Å². The molecule has 5 N–H and O–H groups in total. The molecular weight excluding hydrogens is 636 g/mol. The molecule has 49 heavy (non-hydrogen) atoms. The summed E-state index contributed by atoms with van der Waals surface area (Å²) in [7, 11) is 0. The minimum absolute atomic E-state index is 0.131. The zero-order valence-electron chi connectivity index (χ0n) is 30.1. The minimum atomic E-state index is -1.46. The Morgan fingerprint density at radius 3 is 2.33 bits per heavy atom. The Morgan fingerprint density at radius 1 is 1.06 bits per heavy atom. The van der Waals surface area contributed by atoms with E-state index in [0.717, 1.165) is 24.8 Å². The SMILES string of the molecule is CC(=O)O[C@H]([C@H]1C[C@@H](C)[C@H]([C@@]2(C)CC[C@@]34C[C@@]35CC[C@H](O[C@@H]3OC[C@@H](O)[C@H](O)[C@H]3O)C(C)(C)C5CC=C4[C@]2(C)C(=O)O)C(=O)O1)C(C)(C)O. The zero-order chi connectivity index (χ0) is 36.3. The maximum Gasteiger partial charge on any atom is 0.314 e. The molecule has 12 heteroatoms. The molecular formula is C37H56O12. The van der Waals surface area contributed by atoms with E-state index in [1.54, 1.807) is 6.92 Å². The average molecular weight is 693 g/mol. The normalized spacial score (nSPS) is 48.1. The van der Waals surface area contributed by atoms with E-state index in [9.17, 15) is 39.9 Å². The third-order valence-electron chi connectivity index (χ3n) is 14.4. The molecule has 2 heterocycles. The molecule has 14 atom stereocenters. The van der Waals surface area contributed by atoms with E-state index in [-0.39, 0.29) is 40.8 Å². The number of aliphatic carboxylic acids is 1. The monoisotopic (exact) mass is 692 g/mol. The molecule has 0 aromatic rings. The molecule has 2 saturated heterocycles. The van der Waals surface area contributed by atoms with Crippen molar-refractivity contribution in [1.82, 2.24) is 0 Å². The number of carboxylic acids is 1. The highest BCUT2D eigenvalue weighted by Gasteiger charge is 2.81. The number of esters is 2. The van der Waals surface area contributed by atoms with Gasteiger partial charge in [-0.05, 0) is 99.4 Å².